The Hall–Kier alpha value is -1.31. The molecule has 2 nitrogen and oxygen atoms in total. The van der Waals surface area contributed by atoms with Crippen molar-refractivity contribution in [3.05, 3.63) is 36.1 Å². The maximum Gasteiger partial charge on any atom is 0.321 e. The number of carbonyl (C=O) groups is 1. The first kappa shape index (κ1) is 40.7. The summed E-state index contributed by atoms with van der Waals surface area (Å²) in [7, 11) is 0. The van der Waals surface area contributed by atoms with Crippen LogP contribution in [0.5, 0.6) is 0 Å². The summed E-state index contributed by atoms with van der Waals surface area (Å²) in [5, 5.41) is 0. The minimum atomic E-state index is -0.00590. The maximum atomic E-state index is 11.9. The Balaban J connectivity index is 1.87. The van der Waals surface area contributed by atoms with Gasteiger partial charge >= 0.3 is 5.97 Å². The predicted molar refractivity (Wildman–Crippen MR) is 195 cm³/mol. The zero-order chi connectivity index (χ0) is 31.6. The molecule has 1 aliphatic rings. The molecular formula is C42H76O2. The Kier molecular flexibility index (Phi) is 30.6. The third-order valence-corrected chi connectivity index (χ3v) is 9.41. The van der Waals surface area contributed by atoms with Gasteiger partial charge in [-0.1, -0.05) is 173 Å². The van der Waals surface area contributed by atoms with Crippen LogP contribution in [-0.2, 0) is 9.53 Å². The molecule has 44 heavy (non-hydrogen) atoms. The van der Waals surface area contributed by atoms with Crippen molar-refractivity contribution in [3.63, 3.8) is 0 Å². The Morgan fingerprint density at radius 2 is 0.750 bits per heavy atom. The number of hydrogen-bond acceptors (Lipinski definition) is 2. The molecule has 1 saturated heterocycles. The van der Waals surface area contributed by atoms with E-state index in [0.717, 1.165) is 31.4 Å². The van der Waals surface area contributed by atoms with Crippen molar-refractivity contribution in [2.24, 2.45) is 5.92 Å². The van der Waals surface area contributed by atoms with Gasteiger partial charge in [0.05, 0.1) is 0 Å². The minimum absolute atomic E-state index is 0.00590. The third kappa shape index (κ3) is 26.0. The summed E-state index contributed by atoms with van der Waals surface area (Å²) in [4.78, 5) is 11.9. The number of carbonyl (C=O) groups excluding carboxylic acids is 1. The van der Waals surface area contributed by atoms with Gasteiger partial charge in [0.2, 0.25) is 0 Å². The SMILES string of the molecule is CCCCCCCCCCCCC/C=C/CCCC/C=C1/OC(=O)C1CCCC/C=C/CCCCCCCCCCCCC. The molecule has 0 N–H and O–H groups in total. The summed E-state index contributed by atoms with van der Waals surface area (Å²) in [6, 6.07) is 0. The Morgan fingerprint density at radius 1 is 0.432 bits per heavy atom. The lowest BCUT2D eigenvalue weighted by atomic mass is 9.94. The van der Waals surface area contributed by atoms with Crippen molar-refractivity contribution in [3.8, 4) is 0 Å². The van der Waals surface area contributed by atoms with Crippen LogP contribution in [0.15, 0.2) is 36.1 Å². The van der Waals surface area contributed by atoms with E-state index in [1.165, 1.54) is 180 Å². The van der Waals surface area contributed by atoms with E-state index in [1.54, 1.807) is 0 Å². The average Bonchev–Trinajstić information content (AvgIpc) is 3.03. The van der Waals surface area contributed by atoms with Gasteiger partial charge in [0.15, 0.2) is 0 Å². The Morgan fingerprint density at radius 3 is 1.14 bits per heavy atom. The summed E-state index contributed by atoms with van der Waals surface area (Å²) < 4.78 is 5.36. The first-order valence-corrected chi connectivity index (χ1v) is 20.0. The maximum absolute atomic E-state index is 11.9. The first-order chi connectivity index (χ1) is 21.8. The molecule has 1 unspecified atom stereocenters. The number of allylic oxidation sites excluding steroid dienone is 5. The van der Waals surface area contributed by atoms with E-state index in [2.05, 4.69) is 44.2 Å². The minimum Gasteiger partial charge on any atom is -0.430 e. The van der Waals surface area contributed by atoms with Crippen LogP contribution in [0.2, 0.25) is 0 Å². The standard InChI is InChI=1S/C42H76O2/c1-3-5-7-9-11-13-15-17-19-21-23-25-27-29-31-33-35-37-39-41-40(42(43)44-41)38-36-34-32-30-28-26-24-22-20-18-16-14-12-10-8-6-4-2/h27-30,39-40H,3-26,31-38H2,1-2H3/b29-27+,30-28+,41-39+. The molecule has 256 valence electrons. The van der Waals surface area contributed by atoms with Crippen LogP contribution in [0.1, 0.15) is 219 Å². The van der Waals surface area contributed by atoms with Gasteiger partial charge in [-0.25, -0.2) is 0 Å². The Labute approximate surface area is 276 Å². The van der Waals surface area contributed by atoms with Crippen molar-refractivity contribution >= 4 is 5.97 Å². The summed E-state index contributed by atoms with van der Waals surface area (Å²) >= 11 is 0. The zero-order valence-electron chi connectivity index (χ0n) is 29.9. The van der Waals surface area contributed by atoms with E-state index in [-0.39, 0.29) is 11.9 Å². The highest BCUT2D eigenvalue weighted by Gasteiger charge is 2.36. The third-order valence-electron chi connectivity index (χ3n) is 9.41. The van der Waals surface area contributed by atoms with Crippen LogP contribution in [0.4, 0.5) is 0 Å². The lowest BCUT2D eigenvalue weighted by Gasteiger charge is -2.27. The fourth-order valence-corrected chi connectivity index (χ4v) is 6.35. The lowest BCUT2D eigenvalue weighted by molar-refractivity contribution is -0.157. The van der Waals surface area contributed by atoms with Gasteiger partial charge in [-0.15, -0.1) is 0 Å². The molecule has 1 rings (SSSR count). The van der Waals surface area contributed by atoms with E-state index in [9.17, 15) is 4.79 Å². The molecule has 1 heterocycles. The monoisotopic (exact) mass is 613 g/mol. The quantitative estimate of drug-likeness (QED) is 0.0410. The topological polar surface area (TPSA) is 26.3 Å². The van der Waals surface area contributed by atoms with Crippen LogP contribution >= 0.6 is 0 Å². The molecule has 0 spiro atoms. The molecule has 1 atom stereocenters. The van der Waals surface area contributed by atoms with Gasteiger partial charge < -0.3 is 4.74 Å². The number of unbranched alkanes of at least 4 members (excludes halogenated alkanes) is 27. The lowest BCUT2D eigenvalue weighted by Crippen LogP contribution is -2.32. The second kappa shape index (κ2) is 33.1. The summed E-state index contributed by atoms with van der Waals surface area (Å²) in [5.74, 6) is 0.990. The van der Waals surface area contributed by atoms with E-state index in [1.807, 2.05) is 0 Å². The highest BCUT2D eigenvalue weighted by molar-refractivity contribution is 5.82. The second-order valence-corrected chi connectivity index (χ2v) is 13.7. The van der Waals surface area contributed by atoms with E-state index in [0.29, 0.717) is 0 Å². The molecule has 0 aromatic carbocycles. The van der Waals surface area contributed by atoms with Crippen molar-refractivity contribution in [2.45, 2.75) is 219 Å². The molecule has 0 bridgehead atoms. The Bertz CT molecular complexity index is 703. The first-order valence-electron chi connectivity index (χ1n) is 20.0. The van der Waals surface area contributed by atoms with Crippen LogP contribution in [0.25, 0.3) is 0 Å². The molecule has 0 radical (unpaired) electrons. The van der Waals surface area contributed by atoms with Crippen molar-refractivity contribution < 1.29 is 9.53 Å². The molecule has 0 aliphatic carbocycles. The number of ether oxygens (including phenoxy) is 1. The molecule has 1 aliphatic heterocycles. The molecule has 0 saturated carbocycles. The molecule has 0 amide bonds. The second-order valence-electron chi connectivity index (χ2n) is 13.7. The van der Waals surface area contributed by atoms with E-state index in [4.69, 9.17) is 4.74 Å². The summed E-state index contributed by atoms with van der Waals surface area (Å²) in [5.41, 5.74) is 0. The van der Waals surface area contributed by atoms with Crippen molar-refractivity contribution in [1.82, 2.24) is 0 Å². The largest absolute Gasteiger partial charge is 0.430 e. The predicted octanol–water partition coefficient (Wildman–Crippen LogP) is 14.7. The van der Waals surface area contributed by atoms with Gasteiger partial charge in [-0.05, 0) is 76.7 Å². The highest BCUT2D eigenvalue weighted by Crippen LogP contribution is 2.32. The number of cyclic esters (lactones) is 1. The van der Waals surface area contributed by atoms with E-state index < -0.39 is 0 Å². The highest BCUT2D eigenvalue weighted by atomic mass is 16.6. The van der Waals surface area contributed by atoms with Gasteiger partial charge in [-0.3, -0.25) is 4.79 Å². The fraction of sp³-hybridized carbons (Fsp3) is 0.833. The molecule has 0 aromatic heterocycles. The number of esters is 1. The van der Waals surface area contributed by atoms with Crippen molar-refractivity contribution in [1.29, 1.82) is 0 Å². The number of hydrogen-bond donors (Lipinski definition) is 0. The van der Waals surface area contributed by atoms with Gasteiger partial charge in [-0.2, -0.15) is 0 Å². The normalized spacial score (nSPS) is 16.0. The molecule has 0 aromatic rings. The van der Waals surface area contributed by atoms with Gasteiger partial charge in [0, 0.05) is 0 Å². The van der Waals surface area contributed by atoms with E-state index >= 15 is 0 Å². The summed E-state index contributed by atoms with van der Waals surface area (Å²) in [6.45, 7) is 4.58. The van der Waals surface area contributed by atoms with Crippen molar-refractivity contribution in [2.75, 3.05) is 0 Å². The molecular weight excluding hydrogens is 536 g/mol. The van der Waals surface area contributed by atoms with Gasteiger partial charge in [0.25, 0.3) is 0 Å². The van der Waals surface area contributed by atoms with Crippen LogP contribution in [0, 0.1) is 5.92 Å². The fourth-order valence-electron chi connectivity index (χ4n) is 6.35. The average molecular weight is 613 g/mol. The summed E-state index contributed by atoms with van der Waals surface area (Å²) in [6.07, 6.45) is 54.3. The van der Waals surface area contributed by atoms with Gasteiger partial charge in [0.1, 0.15) is 11.7 Å². The van der Waals surface area contributed by atoms with Crippen LogP contribution in [0.3, 0.4) is 0 Å². The zero-order valence-corrected chi connectivity index (χ0v) is 29.9. The number of rotatable bonds is 34. The molecule has 2 heteroatoms. The molecule has 1 fully saturated rings. The smallest absolute Gasteiger partial charge is 0.321 e. The van der Waals surface area contributed by atoms with Crippen LogP contribution in [-0.4, -0.2) is 5.97 Å². The van der Waals surface area contributed by atoms with Crippen LogP contribution < -0.4 is 0 Å².